The molecule has 0 aliphatic carbocycles. The van der Waals surface area contributed by atoms with Crippen LogP contribution in [0.25, 0.3) is 0 Å². The van der Waals surface area contributed by atoms with Crippen LogP contribution in [0.1, 0.15) is 59.8 Å². The molecule has 1 heterocycles. The highest BCUT2D eigenvalue weighted by atomic mass is 15.2. The molecule has 0 aromatic carbocycles. The van der Waals surface area contributed by atoms with Gasteiger partial charge in [-0.15, -0.1) is 0 Å². The second-order valence-electron chi connectivity index (χ2n) is 7.32. The van der Waals surface area contributed by atoms with Crippen molar-refractivity contribution in [1.29, 1.82) is 0 Å². The van der Waals surface area contributed by atoms with Crippen molar-refractivity contribution in [2.45, 2.75) is 65.8 Å². The Kier molecular flexibility index (Phi) is 8.84. The lowest BCUT2D eigenvalue weighted by Crippen LogP contribution is -2.48. The van der Waals surface area contributed by atoms with E-state index in [1.165, 1.54) is 58.3 Å². The van der Waals surface area contributed by atoms with Gasteiger partial charge in [-0.3, -0.25) is 0 Å². The third-order valence-electron chi connectivity index (χ3n) is 5.09. The molecule has 1 fully saturated rings. The molecule has 0 aromatic heterocycles. The highest BCUT2D eigenvalue weighted by molar-refractivity contribution is 4.84. The third-order valence-corrected chi connectivity index (χ3v) is 5.09. The van der Waals surface area contributed by atoms with Crippen LogP contribution in [0, 0.1) is 5.41 Å². The van der Waals surface area contributed by atoms with E-state index in [-0.39, 0.29) is 0 Å². The molecule has 3 heteroatoms. The van der Waals surface area contributed by atoms with Crippen molar-refractivity contribution >= 4 is 0 Å². The second-order valence-corrected chi connectivity index (χ2v) is 7.32. The van der Waals surface area contributed by atoms with E-state index in [1.807, 2.05) is 0 Å². The van der Waals surface area contributed by atoms with Crippen molar-refractivity contribution in [1.82, 2.24) is 15.1 Å². The maximum atomic E-state index is 3.65. The first-order valence-corrected chi connectivity index (χ1v) is 9.18. The molecule has 0 aromatic rings. The highest BCUT2D eigenvalue weighted by Gasteiger charge is 2.29. The van der Waals surface area contributed by atoms with Gasteiger partial charge in [0, 0.05) is 19.1 Å². The molecule has 126 valence electrons. The van der Waals surface area contributed by atoms with E-state index < -0.39 is 0 Å². The second kappa shape index (κ2) is 9.81. The number of piperidine rings is 1. The molecular formula is C18H39N3. The molecule has 0 bridgehead atoms. The van der Waals surface area contributed by atoms with Crippen LogP contribution in [-0.4, -0.2) is 62.2 Å². The van der Waals surface area contributed by atoms with E-state index in [0.29, 0.717) is 5.41 Å². The number of rotatable bonds is 10. The van der Waals surface area contributed by atoms with Gasteiger partial charge in [-0.1, -0.05) is 34.1 Å². The summed E-state index contributed by atoms with van der Waals surface area (Å²) in [5, 5.41) is 3.65. The Hall–Kier alpha value is -0.120. The predicted octanol–water partition coefficient (Wildman–Crippen LogP) is 3.21. The van der Waals surface area contributed by atoms with E-state index in [0.717, 1.165) is 19.1 Å². The summed E-state index contributed by atoms with van der Waals surface area (Å²) < 4.78 is 0. The fourth-order valence-electron chi connectivity index (χ4n) is 3.80. The Bertz CT molecular complexity index is 261. The van der Waals surface area contributed by atoms with Crippen molar-refractivity contribution in [3.05, 3.63) is 0 Å². The molecule has 0 saturated carbocycles. The normalized spacial score (nSPS) is 20.9. The minimum atomic E-state index is 0.417. The van der Waals surface area contributed by atoms with Crippen molar-refractivity contribution in [3.8, 4) is 0 Å². The molecular weight excluding hydrogens is 258 g/mol. The first-order valence-electron chi connectivity index (χ1n) is 9.18. The fraction of sp³-hybridized carbons (Fsp3) is 1.00. The van der Waals surface area contributed by atoms with Gasteiger partial charge in [0.25, 0.3) is 0 Å². The average molecular weight is 298 g/mol. The summed E-state index contributed by atoms with van der Waals surface area (Å²) in [6.07, 6.45) is 6.52. The monoisotopic (exact) mass is 297 g/mol. The summed E-state index contributed by atoms with van der Waals surface area (Å²) in [6.45, 7) is 16.6. The van der Waals surface area contributed by atoms with Crippen LogP contribution < -0.4 is 5.32 Å². The van der Waals surface area contributed by atoms with Gasteiger partial charge in [-0.25, -0.2) is 0 Å². The van der Waals surface area contributed by atoms with Gasteiger partial charge in [0.15, 0.2) is 0 Å². The maximum Gasteiger partial charge on any atom is 0.0117 e. The van der Waals surface area contributed by atoms with Crippen LogP contribution >= 0.6 is 0 Å². The van der Waals surface area contributed by atoms with Crippen molar-refractivity contribution in [3.63, 3.8) is 0 Å². The zero-order valence-electron chi connectivity index (χ0n) is 15.2. The molecule has 1 aliphatic rings. The zero-order valence-corrected chi connectivity index (χ0v) is 15.2. The molecule has 21 heavy (non-hydrogen) atoms. The summed E-state index contributed by atoms with van der Waals surface area (Å²) in [7, 11) is 2.35. The average Bonchev–Trinajstić information content (AvgIpc) is 2.47. The first-order chi connectivity index (χ1) is 10.0. The van der Waals surface area contributed by atoms with Crippen molar-refractivity contribution < 1.29 is 0 Å². The molecule has 0 spiro atoms. The van der Waals surface area contributed by atoms with Crippen LogP contribution in [-0.2, 0) is 0 Å². The van der Waals surface area contributed by atoms with E-state index in [4.69, 9.17) is 0 Å². The summed E-state index contributed by atoms with van der Waals surface area (Å²) in [4.78, 5) is 5.23. The Morgan fingerprint density at radius 1 is 1.14 bits per heavy atom. The molecule has 3 nitrogen and oxygen atoms in total. The van der Waals surface area contributed by atoms with Gasteiger partial charge in [-0.05, 0) is 64.3 Å². The summed E-state index contributed by atoms with van der Waals surface area (Å²) in [5.41, 5.74) is 0.417. The summed E-state index contributed by atoms with van der Waals surface area (Å²) in [5.74, 6) is 0. The Labute approximate surface area is 133 Å². The largest absolute Gasteiger partial charge is 0.316 e. The highest BCUT2D eigenvalue weighted by Crippen LogP contribution is 2.26. The maximum absolute atomic E-state index is 3.65. The fourth-order valence-corrected chi connectivity index (χ4v) is 3.80. The number of hydrogen-bond donors (Lipinski definition) is 1. The number of nitrogens with one attached hydrogen (secondary N) is 1. The van der Waals surface area contributed by atoms with Gasteiger partial charge in [-0.2, -0.15) is 0 Å². The molecule has 1 aliphatic heterocycles. The predicted molar refractivity (Wildman–Crippen MR) is 93.9 cm³/mol. The van der Waals surface area contributed by atoms with E-state index in [1.54, 1.807) is 0 Å². The Morgan fingerprint density at radius 3 is 2.33 bits per heavy atom. The van der Waals surface area contributed by atoms with Gasteiger partial charge >= 0.3 is 0 Å². The standard InChI is InChI=1S/C18H39N3/c1-6-11-18(4,15-19-12-7-2)16-20(5)17-9-13-21(8-3)14-10-17/h17,19H,6-16H2,1-5H3. The van der Waals surface area contributed by atoms with Crippen molar-refractivity contribution in [2.75, 3.05) is 46.3 Å². The van der Waals surface area contributed by atoms with Crippen LogP contribution in [0.2, 0.25) is 0 Å². The first kappa shape index (κ1) is 18.9. The zero-order chi connectivity index (χ0) is 15.7. The molecule has 1 unspecified atom stereocenters. The number of nitrogens with zero attached hydrogens (tertiary/aromatic N) is 2. The minimum Gasteiger partial charge on any atom is -0.316 e. The van der Waals surface area contributed by atoms with Gasteiger partial charge in [0.2, 0.25) is 0 Å². The van der Waals surface area contributed by atoms with Crippen LogP contribution in [0.3, 0.4) is 0 Å². The number of likely N-dealkylation sites (tertiary alicyclic amines) is 1. The van der Waals surface area contributed by atoms with Crippen LogP contribution in [0.4, 0.5) is 0 Å². The quantitative estimate of drug-likeness (QED) is 0.625. The smallest absolute Gasteiger partial charge is 0.0117 e. The number of hydrogen-bond acceptors (Lipinski definition) is 3. The molecule has 0 radical (unpaired) electrons. The van der Waals surface area contributed by atoms with E-state index in [9.17, 15) is 0 Å². The summed E-state index contributed by atoms with van der Waals surface area (Å²) in [6, 6.07) is 0.787. The molecule has 1 atom stereocenters. The SMILES string of the molecule is CCCNCC(C)(CCC)CN(C)C1CCN(CC)CC1. The summed E-state index contributed by atoms with van der Waals surface area (Å²) >= 11 is 0. The van der Waals surface area contributed by atoms with E-state index >= 15 is 0 Å². The lowest BCUT2D eigenvalue weighted by molar-refractivity contribution is 0.0883. The Morgan fingerprint density at radius 2 is 1.81 bits per heavy atom. The topological polar surface area (TPSA) is 18.5 Å². The molecule has 1 rings (SSSR count). The molecule has 1 saturated heterocycles. The van der Waals surface area contributed by atoms with Gasteiger partial charge < -0.3 is 15.1 Å². The van der Waals surface area contributed by atoms with E-state index in [2.05, 4.69) is 49.9 Å². The molecule has 1 N–H and O–H groups in total. The Balaban J connectivity index is 2.45. The van der Waals surface area contributed by atoms with Gasteiger partial charge in [0.05, 0.1) is 0 Å². The van der Waals surface area contributed by atoms with Crippen LogP contribution in [0.15, 0.2) is 0 Å². The third kappa shape index (κ3) is 6.66. The van der Waals surface area contributed by atoms with Crippen molar-refractivity contribution in [2.24, 2.45) is 5.41 Å². The molecule has 0 amide bonds. The van der Waals surface area contributed by atoms with Crippen LogP contribution in [0.5, 0.6) is 0 Å². The lowest BCUT2D eigenvalue weighted by Gasteiger charge is -2.41. The van der Waals surface area contributed by atoms with Gasteiger partial charge in [0.1, 0.15) is 0 Å². The lowest BCUT2D eigenvalue weighted by atomic mass is 9.84. The minimum absolute atomic E-state index is 0.417.